The summed E-state index contributed by atoms with van der Waals surface area (Å²) in [6.45, 7) is 1.12. The number of nitrogens with zero attached hydrogens (tertiary/aromatic N) is 2. The van der Waals surface area contributed by atoms with Crippen molar-refractivity contribution in [3.8, 4) is 0 Å². The lowest BCUT2D eigenvalue weighted by Gasteiger charge is -2.18. The van der Waals surface area contributed by atoms with Gasteiger partial charge in [-0.15, -0.1) is 0 Å². The van der Waals surface area contributed by atoms with E-state index in [0.717, 1.165) is 12.8 Å². The summed E-state index contributed by atoms with van der Waals surface area (Å²) in [5.74, 6) is 0.680. The van der Waals surface area contributed by atoms with Crippen LogP contribution >= 0.6 is 0 Å². The number of oxazole rings is 1. The lowest BCUT2D eigenvalue weighted by molar-refractivity contribution is 0.101. The van der Waals surface area contributed by atoms with Crippen LogP contribution in [0, 0.1) is 11.7 Å². The van der Waals surface area contributed by atoms with Gasteiger partial charge in [0.25, 0.3) is 0 Å². The molecular weight excluding hydrogens is 247 g/mol. The van der Waals surface area contributed by atoms with Gasteiger partial charge in [-0.2, -0.15) is 0 Å². The predicted molar refractivity (Wildman–Crippen MR) is 69.0 cm³/mol. The molecule has 0 amide bonds. The standard InChI is InChI=1S/C14H17FN2O2/c1-17(7-12(18)9-2-3-9)8-14-16-11-5-4-10(15)6-13(11)19-14/h4-6,9,12,18H,2-3,7-8H2,1H3. The lowest BCUT2D eigenvalue weighted by atomic mass is 10.2. The van der Waals surface area contributed by atoms with Gasteiger partial charge in [-0.3, -0.25) is 4.90 Å². The molecule has 0 aliphatic heterocycles. The first kappa shape index (κ1) is 12.6. The molecule has 1 aromatic carbocycles. The number of likely N-dealkylation sites (N-methyl/N-ethyl adjacent to an activating group) is 1. The van der Waals surface area contributed by atoms with Crippen LogP contribution in [0.25, 0.3) is 11.1 Å². The van der Waals surface area contributed by atoms with E-state index in [2.05, 4.69) is 4.98 Å². The zero-order valence-electron chi connectivity index (χ0n) is 10.8. The number of benzene rings is 1. The molecule has 0 saturated heterocycles. The summed E-state index contributed by atoms with van der Waals surface area (Å²) >= 11 is 0. The van der Waals surface area contributed by atoms with E-state index in [1.54, 1.807) is 6.07 Å². The van der Waals surface area contributed by atoms with Gasteiger partial charge in [0.1, 0.15) is 11.3 Å². The quantitative estimate of drug-likeness (QED) is 0.899. The van der Waals surface area contributed by atoms with Crippen molar-refractivity contribution in [3.63, 3.8) is 0 Å². The number of hydrogen-bond donors (Lipinski definition) is 1. The van der Waals surface area contributed by atoms with Gasteiger partial charge in [0.05, 0.1) is 12.6 Å². The monoisotopic (exact) mass is 264 g/mol. The van der Waals surface area contributed by atoms with Crippen molar-refractivity contribution >= 4 is 11.1 Å². The van der Waals surface area contributed by atoms with Crippen molar-refractivity contribution in [1.29, 1.82) is 0 Å². The Bertz CT molecular complexity index is 580. The second-order valence-corrected chi connectivity index (χ2v) is 5.32. The molecule has 0 radical (unpaired) electrons. The van der Waals surface area contributed by atoms with Crippen molar-refractivity contribution in [1.82, 2.24) is 9.88 Å². The molecule has 4 nitrogen and oxygen atoms in total. The maximum atomic E-state index is 13.0. The minimum absolute atomic E-state index is 0.271. The molecule has 0 bridgehead atoms. The number of aromatic nitrogens is 1. The smallest absolute Gasteiger partial charge is 0.209 e. The molecule has 102 valence electrons. The molecule has 1 aliphatic rings. The van der Waals surface area contributed by atoms with Crippen molar-refractivity contribution in [3.05, 3.63) is 29.9 Å². The molecule has 1 saturated carbocycles. The molecule has 1 fully saturated rings. The molecule has 1 atom stereocenters. The molecule has 1 heterocycles. The largest absolute Gasteiger partial charge is 0.439 e. The van der Waals surface area contributed by atoms with Crippen LogP contribution in [-0.4, -0.2) is 34.7 Å². The van der Waals surface area contributed by atoms with E-state index in [1.807, 2.05) is 11.9 Å². The van der Waals surface area contributed by atoms with Crippen LogP contribution < -0.4 is 0 Å². The van der Waals surface area contributed by atoms with Gasteiger partial charge in [-0.25, -0.2) is 9.37 Å². The van der Waals surface area contributed by atoms with Crippen LogP contribution in [0.2, 0.25) is 0 Å². The fourth-order valence-electron chi connectivity index (χ4n) is 2.26. The molecule has 1 unspecified atom stereocenters. The van der Waals surface area contributed by atoms with E-state index in [-0.39, 0.29) is 11.9 Å². The molecular formula is C14H17FN2O2. The molecule has 1 N–H and O–H groups in total. The van der Waals surface area contributed by atoms with E-state index in [0.29, 0.717) is 36.0 Å². The summed E-state index contributed by atoms with van der Waals surface area (Å²) in [5.41, 5.74) is 1.12. The van der Waals surface area contributed by atoms with Gasteiger partial charge in [0.15, 0.2) is 5.58 Å². The highest BCUT2D eigenvalue weighted by molar-refractivity contribution is 5.72. The fourth-order valence-corrected chi connectivity index (χ4v) is 2.26. The first-order valence-electron chi connectivity index (χ1n) is 6.53. The third-order valence-electron chi connectivity index (χ3n) is 3.46. The van der Waals surface area contributed by atoms with Crippen molar-refractivity contribution in [2.75, 3.05) is 13.6 Å². The Hall–Kier alpha value is -1.46. The van der Waals surface area contributed by atoms with Gasteiger partial charge < -0.3 is 9.52 Å². The predicted octanol–water partition coefficient (Wildman–Crippen LogP) is 2.17. The lowest BCUT2D eigenvalue weighted by Crippen LogP contribution is -2.30. The number of rotatable bonds is 5. The average molecular weight is 264 g/mol. The fraction of sp³-hybridized carbons (Fsp3) is 0.500. The normalized spacial score (nSPS) is 17.3. The number of hydrogen-bond acceptors (Lipinski definition) is 4. The Labute approximate surface area is 110 Å². The summed E-state index contributed by atoms with van der Waals surface area (Å²) < 4.78 is 18.5. The Kier molecular flexibility index (Phi) is 3.24. The third kappa shape index (κ3) is 2.93. The highest BCUT2D eigenvalue weighted by Crippen LogP contribution is 2.32. The van der Waals surface area contributed by atoms with E-state index in [1.165, 1.54) is 12.1 Å². The summed E-state index contributed by atoms with van der Waals surface area (Å²) in [5, 5.41) is 9.87. The van der Waals surface area contributed by atoms with Crippen LogP contribution in [-0.2, 0) is 6.54 Å². The highest BCUT2D eigenvalue weighted by Gasteiger charge is 2.30. The molecule has 0 spiro atoms. The SMILES string of the molecule is CN(Cc1nc2ccc(F)cc2o1)CC(O)C1CC1. The summed E-state index contributed by atoms with van der Waals surface area (Å²) in [4.78, 5) is 6.28. The molecule has 5 heteroatoms. The molecule has 1 aliphatic carbocycles. The van der Waals surface area contributed by atoms with Gasteiger partial charge in [-0.05, 0) is 37.9 Å². The number of aliphatic hydroxyl groups excluding tert-OH is 1. The Balaban J connectivity index is 1.66. The highest BCUT2D eigenvalue weighted by atomic mass is 19.1. The third-order valence-corrected chi connectivity index (χ3v) is 3.46. The second-order valence-electron chi connectivity index (χ2n) is 5.32. The number of halogens is 1. The topological polar surface area (TPSA) is 49.5 Å². The second kappa shape index (κ2) is 4.90. The number of aliphatic hydroxyl groups is 1. The zero-order valence-corrected chi connectivity index (χ0v) is 10.8. The minimum atomic E-state index is -0.326. The van der Waals surface area contributed by atoms with Crippen LogP contribution in [0.15, 0.2) is 22.6 Å². The van der Waals surface area contributed by atoms with Crippen molar-refractivity contribution in [2.24, 2.45) is 5.92 Å². The van der Waals surface area contributed by atoms with Gasteiger partial charge >= 0.3 is 0 Å². The van der Waals surface area contributed by atoms with Crippen LogP contribution in [0.4, 0.5) is 4.39 Å². The maximum Gasteiger partial charge on any atom is 0.209 e. The van der Waals surface area contributed by atoms with Crippen molar-refractivity contribution in [2.45, 2.75) is 25.5 Å². The van der Waals surface area contributed by atoms with E-state index >= 15 is 0 Å². The summed E-state index contributed by atoms with van der Waals surface area (Å²) in [6.07, 6.45) is 1.97. The Morgan fingerprint density at radius 3 is 3.05 bits per heavy atom. The summed E-state index contributed by atoms with van der Waals surface area (Å²) in [7, 11) is 1.92. The van der Waals surface area contributed by atoms with Gasteiger partial charge in [-0.1, -0.05) is 0 Å². The molecule has 3 rings (SSSR count). The first-order chi connectivity index (χ1) is 9.11. The zero-order chi connectivity index (χ0) is 13.4. The van der Waals surface area contributed by atoms with Gasteiger partial charge in [0, 0.05) is 12.6 Å². The van der Waals surface area contributed by atoms with Crippen molar-refractivity contribution < 1.29 is 13.9 Å². The minimum Gasteiger partial charge on any atom is -0.439 e. The van der Waals surface area contributed by atoms with E-state index in [9.17, 15) is 9.50 Å². The van der Waals surface area contributed by atoms with Crippen LogP contribution in [0.3, 0.4) is 0 Å². The van der Waals surface area contributed by atoms with Gasteiger partial charge in [0.2, 0.25) is 5.89 Å². The number of fused-ring (bicyclic) bond motifs is 1. The summed E-state index contributed by atoms with van der Waals surface area (Å²) in [6, 6.07) is 4.32. The molecule has 1 aromatic heterocycles. The molecule has 2 aromatic rings. The first-order valence-corrected chi connectivity index (χ1v) is 6.53. The Morgan fingerprint density at radius 2 is 2.32 bits per heavy atom. The molecule has 19 heavy (non-hydrogen) atoms. The van der Waals surface area contributed by atoms with E-state index in [4.69, 9.17) is 4.42 Å². The average Bonchev–Trinajstić information content (AvgIpc) is 3.11. The van der Waals surface area contributed by atoms with Crippen LogP contribution in [0.1, 0.15) is 18.7 Å². The maximum absolute atomic E-state index is 13.0. The Morgan fingerprint density at radius 1 is 1.53 bits per heavy atom. The van der Waals surface area contributed by atoms with E-state index < -0.39 is 0 Å². The van der Waals surface area contributed by atoms with Crippen LogP contribution in [0.5, 0.6) is 0 Å².